The Bertz CT molecular complexity index is 951. The van der Waals surface area contributed by atoms with E-state index < -0.39 is 0 Å². The summed E-state index contributed by atoms with van der Waals surface area (Å²) in [5.41, 5.74) is 3.53. The number of anilines is 1. The van der Waals surface area contributed by atoms with E-state index in [1.165, 1.54) is 23.0 Å². The third kappa shape index (κ3) is 4.45. The van der Waals surface area contributed by atoms with Gasteiger partial charge in [0.25, 0.3) is 0 Å². The maximum atomic E-state index is 12.7. The number of aromatic nitrogens is 3. The predicted molar refractivity (Wildman–Crippen MR) is 117 cm³/mol. The van der Waals surface area contributed by atoms with Crippen molar-refractivity contribution in [1.29, 1.82) is 0 Å². The normalized spacial score (nSPS) is 14.2. The minimum Gasteiger partial charge on any atom is -0.368 e. The maximum absolute atomic E-state index is 12.7. The zero-order valence-corrected chi connectivity index (χ0v) is 17.4. The van der Waals surface area contributed by atoms with Crippen LogP contribution in [0.5, 0.6) is 0 Å². The standard InChI is InChI=1S/C22H25N5OS/c1-2-18-8-6-7-11-20(18)27-17-23-24-22(27)29-16-21(28)26-14-12-25(13-15-26)19-9-4-3-5-10-19/h3-11,17H,2,12-16H2,1H3. The van der Waals surface area contributed by atoms with E-state index in [0.29, 0.717) is 5.75 Å². The van der Waals surface area contributed by atoms with Gasteiger partial charge in [-0.25, -0.2) is 0 Å². The Balaban J connectivity index is 1.35. The minimum absolute atomic E-state index is 0.154. The first-order valence-corrected chi connectivity index (χ1v) is 10.9. The lowest BCUT2D eigenvalue weighted by atomic mass is 10.1. The van der Waals surface area contributed by atoms with Crippen molar-refractivity contribution in [3.63, 3.8) is 0 Å². The van der Waals surface area contributed by atoms with Gasteiger partial charge in [0.15, 0.2) is 5.16 Å². The fourth-order valence-electron chi connectivity index (χ4n) is 3.60. The van der Waals surface area contributed by atoms with Crippen molar-refractivity contribution < 1.29 is 4.79 Å². The number of piperazine rings is 1. The van der Waals surface area contributed by atoms with Gasteiger partial charge in [-0.1, -0.05) is 55.1 Å². The van der Waals surface area contributed by atoms with E-state index in [2.05, 4.69) is 58.4 Å². The molecule has 1 amide bonds. The van der Waals surface area contributed by atoms with Crippen molar-refractivity contribution in [2.24, 2.45) is 0 Å². The SMILES string of the molecule is CCc1ccccc1-n1cnnc1SCC(=O)N1CCN(c2ccccc2)CC1. The summed E-state index contributed by atoms with van der Waals surface area (Å²) >= 11 is 1.45. The Kier molecular flexibility index (Phi) is 6.14. The predicted octanol–water partition coefficient (Wildman–Crippen LogP) is 3.27. The van der Waals surface area contributed by atoms with Crippen molar-refractivity contribution >= 4 is 23.4 Å². The molecule has 1 aromatic heterocycles. The number of para-hydroxylation sites is 2. The summed E-state index contributed by atoms with van der Waals surface area (Å²) in [4.78, 5) is 17.0. The monoisotopic (exact) mass is 407 g/mol. The summed E-state index contributed by atoms with van der Waals surface area (Å²) in [5.74, 6) is 0.527. The van der Waals surface area contributed by atoms with Crippen LogP contribution >= 0.6 is 11.8 Å². The molecule has 2 aromatic carbocycles. The van der Waals surface area contributed by atoms with Crippen molar-refractivity contribution in [3.8, 4) is 5.69 Å². The van der Waals surface area contributed by atoms with Gasteiger partial charge in [-0.3, -0.25) is 9.36 Å². The van der Waals surface area contributed by atoms with Crippen molar-refractivity contribution in [2.75, 3.05) is 36.8 Å². The van der Waals surface area contributed by atoms with Crippen molar-refractivity contribution in [3.05, 3.63) is 66.5 Å². The summed E-state index contributed by atoms with van der Waals surface area (Å²) < 4.78 is 1.98. The Hall–Kier alpha value is -2.80. The number of thioether (sulfide) groups is 1. The molecule has 0 saturated carbocycles. The van der Waals surface area contributed by atoms with Gasteiger partial charge in [-0.05, 0) is 30.2 Å². The van der Waals surface area contributed by atoms with Crippen LogP contribution in [0.25, 0.3) is 5.69 Å². The first-order chi connectivity index (χ1) is 14.3. The van der Waals surface area contributed by atoms with Gasteiger partial charge >= 0.3 is 0 Å². The number of amides is 1. The van der Waals surface area contributed by atoms with Gasteiger partial charge in [-0.2, -0.15) is 0 Å². The van der Waals surface area contributed by atoms with Gasteiger partial charge < -0.3 is 9.80 Å². The van der Waals surface area contributed by atoms with Crippen LogP contribution in [0.4, 0.5) is 5.69 Å². The molecular formula is C22H25N5OS. The van der Waals surface area contributed by atoms with Gasteiger partial charge in [0, 0.05) is 31.9 Å². The van der Waals surface area contributed by atoms with Gasteiger partial charge in [0.05, 0.1) is 11.4 Å². The Morgan fingerprint density at radius 3 is 2.48 bits per heavy atom. The molecule has 4 rings (SSSR count). The second kappa shape index (κ2) is 9.13. The van der Waals surface area contributed by atoms with Gasteiger partial charge in [0.2, 0.25) is 5.91 Å². The number of rotatable bonds is 6. The third-order valence-electron chi connectivity index (χ3n) is 5.23. The lowest BCUT2D eigenvalue weighted by Gasteiger charge is -2.36. The van der Waals surface area contributed by atoms with Crippen molar-refractivity contribution in [2.45, 2.75) is 18.5 Å². The van der Waals surface area contributed by atoms with Crippen LogP contribution in [0.3, 0.4) is 0 Å². The molecule has 1 aliphatic heterocycles. The Morgan fingerprint density at radius 1 is 1.00 bits per heavy atom. The van der Waals surface area contributed by atoms with Crippen LogP contribution in [0.15, 0.2) is 66.1 Å². The summed E-state index contributed by atoms with van der Waals surface area (Å²) in [6.07, 6.45) is 2.66. The Labute approximate surface area is 175 Å². The highest BCUT2D eigenvalue weighted by Gasteiger charge is 2.22. The molecule has 1 aliphatic rings. The number of hydrogen-bond donors (Lipinski definition) is 0. The molecule has 0 radical (unpaired) electrons. The molecule has 1 saturated heterocycles. The third-order valence-corrected chi connectivity index (χ3v) is 6.15. The van der Waals surface area contributed by atoms with Crippen LogP contribution in [0.2, 0.25) is 0 Å². The second-order valence-corrected chi connectivity index (χ2v) is 7.90. The lowest BCUT2D eigenvalue weighted by Crippen LogP contribution is -2.49. The van der Waals surface area contributed by atoms with E-state index in [9.17, 15) is 4.79 Å². The van der Waals surface area contributed by atoms with Crippen LogP contribution in [-0.2, 0) is 11.2 Å². The number of nitrogens with zero attached hydrogens (tertiary/aromatic N) is 5. The highest BCUT2D eigenvalue weighted by molar-refractivity contribution is 7.99. The van der Waals surface area contributed by atoms with Crippen LogP contribution in [0.1, 0.15) is 12.5 Å². The molecule has 29 heavy (non-hydrogen) atoms. The molecule has 0 spiro atoms. The van der Waals surface area contributed by atoms with E-state index in [1.54, 1.807) is 6.33 Å². The van der Waals surface area contributed by atoms with E-state index >= 15 is 0 Å². The second-order valence-electron chi connectivity index (χ2n) is 6.96. The molecule has 7 heteroatoms. The average Bonchev–Trinajstić information content (AvgIpc) is 3.26. The fourth-order valence-corrected chi connectivity index (χ4v) is 4.43. The molecule has 2 heterocycles. The lowest BCUT2D eigenvalue weighted by molar-refractivity contribution is -0.128. The maximum Gasteiger partial charge on any atom is 0.233 e. The molecule has 0 aliphatic carbocycles. The van der Waals surface area contributed by atoms with Crippen LogP contribution in [-0.4, -0.2) is 57.5 Å². The van der Waals surface area contributed by atoms with Gasteiger partial charge in [-0.15, -0.1) is 10.2 Å². The molecule has 0 unspecified atom stereocenters. The first-order valence-electron chi connectivity index (χ1n) is 9.95. The summed E-state index contributed by atoms with van der Waals surface area (Å²) in [7, 11) is 0. The number of carbonyl (C=O) groups is 1. The molecule has 3 aromatic rings. The highest BCUT2D eigenvalue weighted by atomic mass is 32.2. The largest absolute Gasteiger partial charge is 0.368 e. The number of carbonyl (C=O) groups excluding carboxylic acids is 1. The summed E-state index contributed by atoms with van der Waals surface area (Å²) in [6, 6.07) is 18.6. The van der Waals surface area contributed by atoms with E-state index in [0.717, 1.165) is 43.4 Å². The van der Waals surface area contributed by atoms with Crippen LogP contribution in [0, 0.1) is 0 Å². The van der Waals surface area contributed by atoms with E-state index in [-0.39, 0.29) is 5.91 Å². The molecule has 0 bridgehead atoms. The van der Waals surface area contributed by atoms with E-state index in [1.807, 2.05) is 27.7 Å². The number of aryl methyl sites for hydroxylation is 1. The number of hydrogen-bond acceptors (Lipinski definition) is 5. The Morgan fingerprint density at radius 2 is 1.72 bits per heavy atom. The molecule has 150 valence electrons. The average molecular weight is 408 g/mol. The summed E-state index contributed by atoms with van der Waals surface area (Å²) in [6.45, 7) is 5.36. The number of benzene rings is 2. The van der Waals surface area contributed by atoms with Crippen LogP contribution < -0.4 is 4.90 Å². The topological polar surface area (TPSA) is 54.3 Å². The zero-order valence-electron chi connectivity index (χ0n) is 16.6. The highest BCUT2D eigenvalue weighted by Crippen LogP contribution is 2.23. The molecule has 1 fully saturated rings. The quantitative estimate of drug-likeness (QED) is 0.587. The summed E-state index contributed by atoms with van der Waals surface area (Å²) in [5, 5.41) is 9.05. The molecule has 0 atom stereocenters. The van der Waals surface area contributed by atoms with Crippen molar-refractivity contribution in [1.82, 2.24) is 19.7 Å². The van der Waals surface area contributed by atoms with E-state index in [4.69, 9.17) is 0 Å². The van der Waals surface area contributed by atoms with Gasteiger partial charge in [0.1, 0.15) is 6.33 Å². The first kappa shape index (κ1) is 19.5. The zero-order chi connectivity index (χ0) is 20.1. The smallest absolute Gasteiger partial charge is 0.233 e. The molecular weight excluding hydrogens is 382 g/mol. The minimum atomic E-state index is 0.154. The molecule has 0 N–H and O–H groups in total. The molecule has 6 nitrogen and oxygen atoms in total. The fraction of sp³-hybridized carbons (Fsp3) is 0.318.